The van der Waals surface area contributed by atoms with Gasteiger partial charge in [0.2, 0.25) is 0 Å². The minimum atomic E-state index is 0.0878. The zero-order valence-electron chi connectivity index (χ0n) is 9.09. The molecule has 6 nitrogen and oxygen atoms in total. The lowest BCUT2D eigenvalue weighted by Crippen LogP contribution is -2.12. The Bertz CT molecular complexity index is 394. The number of ether oxygens (including phenoxy) is 2. The van der Waals surface area contributed by atoms with Crippen LogP contribution in [-0.4, -0.2) is 35.2 Å². The SMILES string of the molecule is Cc1ccnc(OCC[C@H]2COC(N)=N2)n1. The number of hydrogen-bond acceptors (Lipinski definition) is 6. The molecule has 16 heavy (non-hydrogen) atoms. The maximum absolute atomic E-state index is 5.40. The highest BCUT2D eigenvalue weighted by atomic mass is 16.5. The summed E-state index contributed by atoms with van der Waals surface area (Å²) in [6.45, 7) is 2.93. The van der Waals surface area contributed by atoms with Crippen molar-refractivity contribution in [2.24, 2.45) is 10.7 Å². The van der Waals surface area contributed by atoms with E-state index in [0.29, 0.717) is 19.2 Å². The van der Waals surface area contributed by atoms with Crippen LogP contribution in [0, 0.1) is 6.92 Å². The maximum Gasteiger partial charge on any atom is 0.316 e. The summed E-state index contributed by atoms with van der Waals surface area (Å²) in [4.78, 5) is 12.2. The predicted molar refractivity (Wildman–Crippen MR) is 58.2 cm³/mol. The Hall–Kier alpha value is -1.85. The molecule has 0 saturated carbocycles. The van der Waals surface area contributed by atoms with Gasteiger partial charge in [-0.05, 0) is 13.0 Å². The number of hydrogen-bond donors (Lipinski definition) is 1. The highest BCUT2D eigenvalue weighted by Crippen LogP contribution is 2.08. The van der Waals surface area contributed by atoms with Crippen molar-refractivity contribution in [1.82, 2.24) is 9.97 Å². The van der Waals surface area contributed by atoms with Gasteiger partial charge in [-0.3, -0.25) is 0 Å². The Morgan fingerprint density at radius 1 is 1.62 bits per heavy atom. The van der Waals surface area contributed by atoms with Crippen LogP contribution in [0.25, 0.3) is 0 Å². The van der Waals surface area contributed by atoms with Gasteiger partial charge in [0.1, 0.15) is 6.61 Å². The number of amidine groups is 1. The predicted octanol–water partition coefficient (Wildman–Crippen LogP) is 0.267. The van der Waals surface area contributed by atoms with E-state index in [1.165, 1.54) is 0 Å². The lowest BCUT2D eigenvalue weighted by Gasteiger charge is -2.06. The van der Waals surface area contributed by atoms with E-state index in [9.17, 15) is 0 Å². The molecule has 1 aliphatic rings. The van der Waals surface area contributed by atoms with Crippen molar-refractivity contribution in [2.45, 2.75) is 19.4 Å². The van der Waals surface area contributed by atoms with Crippen molar-refractivity contribution >= 4 is 6.02 Å². The van der Waals surface area contributed by atoms with E-state index in [4.69, 9.17) is 15.2 Å². The van der Waals surface area contributed by atoms with Gasteiger partial charge in [0.05, 0.1) is 12.6 Å². The molecule has 0 amide bonds. The van der Waals surface area contributed by atoms with Crippen molar-refractivity contribution in [3.63, 3.8) is 0 Å². The van der Waals surface area contributed by atoms with Crippen LogP contribution in [0.2, 0.25) is 0 Å². The van der Waals surface area contributed by atoms with Crippen LogP contribution in [0.5, 0.6) is 6.01 Å². The molecule has 2 N–H and O–H groups in total. The average Bonchev–Trinajstić information content (AvgIpc) is 2.64. The van der Waals surface area contributed by atoms with E-state index in [2.05, 4.69) is 15.0 Å². The third kappa shape index (κ3) is 2.82. The second-order valence-corrected chi connectivity index (χ2v) is 3.55. The van der Waals surface area contributed by atoms with Crippen LogP contribution in [0.15, 0.2) is 17.3 Å². The molecule has 86 valence electrons. The molecule has 2 rings (SSSR count). The van der Waals surface area contributed by atoms with Crippen LogP contribution in [0.3, 0.4) is 0 Å². The first kappa shape index (κ1) is 10.7. The molecule has 0 aliphatic carbocycles. The summed E-state index contributed by atoms with van der Waals surface area (Å²) < 4.78 is 10.4. The molecule has 0 spiro atoms. The second-order valence-electron chi connectivity index (χ2n) is 3.55. The zero-order chi connectivity index (χ0) is 11.4. The summed E-state index contributed by atoms with van der Waals surface area (Å²) >= 11 is 0. The van der Waals surface area contributed by atoms with E-state index in [0.717, 1.165) is 12.1 Å². The zero-order valence-corrected chi connectivity index (χ0v) is 9.09. The van der Waals surface area contributed by atoms with Crippen LogP contribution in [-0.2, 0) is 4.74 Å². The minimum absolute atomic E-state index is 0.0878. The fourth-order valence-corrected chi connectivity index (χ4v) is 1.37. The fourth-order valence-electron chi connectivity index (χ4n) is 1.37. The third-order valence-electron chi connectivity index (χ3n) is 2.19. The first-order valence-electron chi connectivity index (χ1n) is 5.12. The first-order chi connectivity index (χ1) is 7.74. The van der Waals surface area contributed by atoms with Crippen LogP contribution < -0.4 is 10.5 Å². The third-order valence-corrected chi connectivity index (χ3v) is 2.19. The van der Waals surface area contributed by atoms with Gasteiger partial charge in [0.15, 0.2) is 0 Å². The minimum Gasteiger partial charge on any atom is -0.463 e. The van der Waals surface area contributed by atoms with Gasteiger partial charge in [0.25, 0.3) is 6.02 Å². The topological polar surface area (TPSA) is 82.6 Å². The average molecular weight is 222 g/mol. The van der Waals surface area contributed by atoms with Gasteiger partial charge >= 0.3 is 6.01 Å². The van der Waals surface area contributed by atoms with Crippen molar-refractivity contribution in [3.05, 3.63) is 18.0 Å². The Morgan fingerprint density at radius 2 is 2.50 bits per heavy atom. The summed E-state index contributed by atoms with van der Waals surface area (Å²) in [5, 5.41) is 0. The standard InChI is InChI=1S/C10H14N4O2/c1-7-2-4-12-10(13-7)15-5-3-8-6-16-9(11)14-8/h2,4,8H,3,5-6H2,1H3,(H2,11,14)/t8-/m0/s1. The lowest BCUT2D eigenvalue weighted by molar-refractivity contribution is 0.251. The van der Waals surface area contributed by atoms with Gasteiger partial charge < -0.3 is 15.2 Å². The van der Waals surface area contributed by atoms with Gasteiger partial charge in [-0.25, -0.2) is 15.0 Å². The van der Waals surface area contributed by atoms with Gasteiger partial charge in [-0.15, -0.1) is 0 Å². The van der Waals surface area contributed by atoms with Crippen LogP contribution in [0.4, 0.5) is 0 Å². The number of nitrogens with zero attached hydrogens (tertiary/aromatic N) is 3. The van der Waals surface area contributed by atoms with Gasteiger partial charge in [-0.1, -0.05) is 0 Å². The van der Waals surface area contributed by atoms with Crippen molar-refractivity contribution in [2.75, 3.05) is 13.2 Å². The lowest BCUT2D eigenvalue weighted by atomic mass is 10.2. The Balaban J connectivity index is 1.76. The van der Waals surface area contributed by atoms with E-state index < -0.39 is 0 Å². The molecular weight excluding hydrogens is 208 g/mol. The normalized spacial score (nSPS) is 19.1. The molecule has 0 fully saturated rings. The first-order valence-corrected chi connectivity index (χ1v) is 5.12. The number of rotatable bonds is 4. The fraction of sp³-hybridized carbons (Fsp3) is 0.500. The van der Waals surface area contributed by atoms with Gasteiger partial charge in [-0.2, -0.15) is 0 Å². The Morgan fingerprint density at radius 3 is 3.19 bits per heavy atom. The monoisotopic (exact) mass is 222 g/mol. The Kier molecular flexibility index (Phi) is 3.19. The number of aryl methyl sites for hydroxylation is 1. The largest absolute Gasteiger partial charge is 0.463 e. The number of aliphatic imine (C=N–C) groups is 1. The van der Waals surface area contributed by atoms with E-state index in [1.54, 1.807) is 6.20 Å². The summed E-state index contributed by atoms with van der Waals surface area (Å²) in [5.41, 5.74) is 6.28. The van der Waals surface area contributed by atoms with Crippen molar-refractivity contribution < 1.29 is 9.47 Å². The Labute approximate surface area is 93.5 Å². The molecule has 0 saturated heterocycles. The molecule has 1 atom stereocenters. The molecule has 1 aliphatic heterocycles. The van der Waals surface area contributed by atoms with E-state index in [-0.39, 0.29) is 12.1 Å². The molecule has 1 aromatic heterocycles. The molecule has 0 radical (unpaired) electrons. The van der Waals surface area contributed by atoms with Crippen molar-refractivity contribution in [1.29, 1.82) is 0 Å². The highest BCUT2D eigenvalue weighted by molar-refractivity contribution is 5.72. The molecule has 1 aromatic rings. The molecule has 6 heteroatoms. The molecule has 2 heterocycles. The molecular formula is C10H14N4O2. The van der Waals surface area contributed by atoms with Crippen LogP contribution >= 0.6 is 0 Å². The summed E-state index contributed by atoms with van der Waals surface area (Å²) in [5.74, 6) is 0. The highest BCUT2D eigenvalue weighted by Gasteiger charge is 2.16. The maximum atomic E-state index is 5.40. The number of nitrogens with two attached hydrogens (primary N) is 1. The quantitative estimate of drug-likeness (QED) is 0.790. The summed E-state index contributed by atoms with van der Waals surface area (Å²) in [6.07, 6.45) is 2.42. The second kappa shape index (κ2) is 4.78. The molecule has 0 unspecified atom stereocenters. The molecule has 0 bridgehead atoms. The van der Waals surface area contributed by atoms with E-state index >= 15 is 0 Å². The van der Waals surface area contributed by atoms with Gasteiger partial charge in [0, 0.05) is 18.3 Å². The summed E-state index contributed by atoms with van der Waals surface area (Å²) in [6, 6.07) is 2.57. The molecule has 0 aromatic carbocycles. The van der Waals surface area contributed by atoms with Crippen LogP contribution in [0.1, 0.15) is 12.1 Å². The van der Waals surface area contributed by atoms with E-state index in [1.807, 2.05) is 13.0 Å². The summed E-state index contributed by atoms with van der Waals surface area (Å²) in [7, 11) is 0. The smallest absolute Gasteiger partial charge is 0.316 e. The van der Waals surface area contributed by atoms with Crippen molar-refractivity contribution in [3.8, 4) is 6.01 Å². The number of aromatic nitrogens is 2.